The van der Waals surface area contributed by atoms with Gasteiger partial charge in [-0.15, -0.1) is 0 Å². The Balaban J connectivity index is 1.96. The molecule has 3 rings (SSSR count). The number of benzene rings is 2. The van der Waals surface area contributed by atoms with E-state index < -0.39 is 17.7 Å². The fraction of sp³-hybridized carbons (Fsp3) is 0.440. The molecule has 0 saturated carbocycles. The maximum Gasteiger partial charge on any atom is 0.410 e. The van der Waals surface area contributed by atoms with Gasteiger partial charge >= 0.3 is 12.1 Å². The number of piperazine rings is 1. The highest BCUT2D eigenvalue weighted by molar-refractivity contribution is 5.78. The van der Waals surface area contributed by atoms with E-state index >= 15 is 0 Å². The molecule has 0 aliphatic carbocycles. The van der Waals surface area contributed by atoms with Gasteiger partial charge in [0.05, 0.1) is 19.7 Å². The molecule has 0 N–H and O–H groups in total. The Morgan fingerprint density at radius 3 is 2.29 bits per heavy atom. The SMILES string of the molecule is COC(=O)C1CN(C(=O)OC(C)(C)C)CCN1C(c1ccccc1)c1cccc(C)c1. The fourth-order valence-corrected chi connectivity index (χ4v) is 4.00. The summed E-state index contributed by atoms with van der Waals surface area (Å²) in [6.45, 7) is 8.77. The number of hydrogen-bond acceptors (Lipinski definition) is 5. The molecule has 6 heteroatoms. The summed E-state index contributed by atoms with van der Waals surface area (Å²) in [5.41, 5.74) is 2.75. The Morgan fingerprint density at radius 2 is 1.68 bits per heavy atom. The summed E-state index contributed by atoms with van der Waals surface area (Å²) in [5, 5.41) is 0. The topological polar surface area (TPSA) is 59.1 Å². The van der Waals surface area contributed by atoms with Crippen LogP contribution in [0.2, 0.25) is 0 Å². The molecule has 1 saturated heterocycles. The number of esters is 1. The molecule has 2 unspecified atom stereocenters. The number of aryl methyl sites for hydroxylation is 1. The minimum absolute atomic E-state index is 0.133. The Bertz CT molecular complexity index is 907. The second-order valence-electron chi connectivity index (χ2n) is 8.93. The summed E-state index contributed by atoms with van der Waals surface area (Å²) in [4.78, 5) is 29.2. The molecule has 166 valence electrons. The quantitative estimate of drug-likeness (QED) is 0.689. The van der Waals surface area contributed by atoms with E-state index in [-0.39, 0.29) is 18.6 Å². The summed E-state index contributed by atoms with van der Waals surface area (Å²) < 4.78 is 10.7. The maximum absolute atomic E-state index is 12.8. The Kier molecular flexibility index (Phi) is 7.01. The van der Waals surface area contributed by atoms with Crippen molar-refractivity contribution >= 4 is 12.1 Å². The second kappa shape index (κ2) is 9.52. The zero-order chi connectivity index (χ0) is 22.6. The summed E-state index contributed by atoms with van der Waals surface area (Å²) in [6.07, 6.45) is -0.409. The minimum atomic E-state index is -0.600. The lowest BCUT2D eigenvalue weighted by Gasteiger charge is -2.44. The first-order valence-electron chi connectivity index (χ1n) is 10.6. The summed E-state index contributed by atoms with van der Waals surface area (Å²) in [6, 6.07) is 17.7. The molecule has 31 heavy (non-hydrogen) atoms. The van der Waals surface area contributed by atoms with E-state index in [0.29, 0.717) is 13.1 Å². The van der Waals surface area contributed by atoms with Crippen LogP contribution in [0.15, 0.2) is 54.6 Å². The Morgan fingerprint density at radius 1 is 1.00 bits per heavy atom. The first-order valence-corrected chi connectivity index (χ1v) is 10.6. The molecular formula is C25H32N2O4. The largest absolute Gasteiger partial charge is 0.468 e. The van der Waals surface area contributed by atoms with E-state index in [1.165, 1.54) is 7.11 Å². The van der Waals surface area contributed by atoms with Gasteiger partial charge in [0.2, 0.25) is 0 Å². The Hall–Kier alpha value is -2.86. The van der Waals surface area contributed by atoms with E-state index in [2.05, 4.69) is 42.2 Å². The van der Waals surface area contributed by atoms with Gasteiger partial charge in [-0.1, -0.05) is 60.2 Å². The number of rotatable bonds is 4. The monoisotopic (exact) mass is 424 g/mol. The number of carbonyl (C=O) groups excluding carboxylic acids is 2. The molecule has 0 bridgehead atoms. The average Bonchev–Trinajstić information content (AvgIpc) is 2.73. The van der Waals surface area contributed by atoms with Crippen LogP contribution in [-0.4, -0.2) is 60.2 Å². The van der Waals surface area contributed by atoms with E-state index in [9.17, 15) is 9.59 Å². The lowest BCUT2D eigenvalue weighted by atomic mass is 9.93. The summed E-state index contributed by atoms with van der Waals surface area (Å²) in [7, 11) is 1.39. The van der Waals surface area contributed by atoms with Crippen LogP contribution in [0, 0.1) is 6.92 Å². The number of nitrogens with zero attached hydrogens (tertiary/aromatic N) is 2. The molecule has 2 atom stereocenters. The molecule has 0 spiro atoms. The molecule has 1 heterocycles. The van der Waals surface area contributed by atoms with Gasteiger partial charge in [0.25, 0.3) is 0 Å². The van der Waals surface area contributed by atoms with E-state index in [0.717, 1.165) is 16.7 Å². The highest BCUT2D eigenvalue weighted by atomic mass is 16.6. The van der Waals surface area contributed by atoms with Crippen molar-refractivity contribution in [3.8, 4) is 0 Å². The van der Waals surface area contributed by atoms with E-state index in [1.807, 2.05) is 45.0 Å². The first-order chi connectivity index (χ1) is 14.7. The standard InChI is InChI=1S/C25H32N2O4/c1-18-10-9-13-20(16-18)22(19-11-7-6-8-12-19)27-15-14-26(17-21(27)23(28)30-5)24(29)31-25(2,3)4/h6-13,16,21-22H,14-15,17H2,1-5H3. The van der Waals surface area contributed by atoms with Crippen LogP contribution in [0.5, 0.6) is 0 Å². The first kappa shape index (κ1) is 22.8. The van der Waals surface area contributed by atoms with Gasteiger partial charge in [0.1, 0.15) is 11.6 Å². The third-order valence-corrected chi connectivity index (χ3v) is 5.35. The van der Waals surface area contributed by atoms with E-state index in [4.69, 9.17) is 9.47 Å². The zero-order valence-electron chi connectivity index (χ0n) is 19.0. The molecule has 0 aromatic heterocycles. The van der Waals surface area contributed by atoms with Gasteiger partial charge in [0.15, 0.2) is 0 Å². The van der Waals surface area contributed by atoms with Crippen molar-refractivity contribution in [2.24, 2.45) is 0 Å². The lowest BCUT2D eigenvalue weighted by Crippen LogP contribution is -2.59. The van der Waals surface area contributed by atoms with Crippen LogP contribution >= 0.6 is 0 Å². The smallest absolute Gasteiger partial charge is 0.410 e. The molecule has 2 aromatic carbocycles. The number of methoxy groups -OCH3 is 1. The van der Waals surface area contributed by atoms with Crippen LogP contribution in [0.1, 0.15) is 43.5 Å². The minimum Gasteiger partial charge on any atom is -0.468 e. The van der Waals surface area contributed by atoms with Crippen LogP contribution in [0.25, 0.3) is 0 Å². The molecule has 1 amide bonds. The molecule has 1 aliphatic heterocycles. The van der Waals surface area contributed by atoms with Gasteiger partial charge in [-0.25, -0.2) is 4.79 Å². The zero-order valence-corrected chi connectivity index (χ0v) is 19.0. The van der Waals surface area contributed by atoms with Crippen molar-refractivity contribution in [3.05, 3.63) is 71.3 Å². The van der Waals surface area contributed by atoms with Crippen molar-refractivity contribution in [1.29, 1.82) is 0 Å². The molecule has 2 aromatic rings. The number of hydrogen-bond donors (Lipinski definition) is 0. The summed E-state index contributed by atoms with van der Waals surface area (Å²) in [5.74, 6) is -0.359. The highest BCUT2D eigenvalue weighted by Crippen LogP contribution is 2.33. The average molecular weight is 425 g/mol. The van der Waals surface area contributed by atoms with Gasteiger partial charge in [-0.05, 0) is 38.8 Å². The summed E-state index contributed by atoms with van der Waals surface area (Å²) >= 11 is 0. The second-order valence-corrected chi connectivity index (χ2v) is 8.93. The predicted octanol–water partition coefficient (Wildman–Crippen LogP) is 4.18. The van der Waals surface area contributed by atoms with Crippen molar-refractivity contribution in [2.45, 2.75) is 45.4 Å². The number of amides is 1. The molecular weight excluding hydrogens is 392 g/mol. The van der Waals surface area contributed by atoms with Gasteiger partial charge < -0.3 is 14.4 Å². The van der Waals surface area contributed by atoms with Crippen molar-refractivity contribution in [2.75, 3.05) is 26.7 Å². The maximum atomic E-state index is 12.8. The highest BCUT2D eigenvalue weighted by Gasteiger charge is 2.40. The number of ether oxygens (including phenoxy) is 2. The third-order valence-electron chi connectivity index (χ3n) is 5.35. The van der Waals surface area contributed by atoms with Crippen molar-refractivity contribution in [1.82, 2.24) is 9.80 Å². The van der Waals surface area contributed by atoms with Crippen LogP contribution in [-0.2, 0) is 14.3 Å². The van der Waals surface area contributed by atoms with Gasteiger partial charge in [-0.2, -0.15) is 0 Å². The normalized spacial score (nSPS) is 18.4. The van der Waals surface area contributed by atoms with Gasteiger partial charge in [-0.3, -0.25) is 9.69 Å². The van der Waals surface area contributed by atoms with Crippen LogP contribution in [0.4, 0.5) is 4.79 Å². The molecule has 6 nitrogen and oxygen atoms in total. The van der Waals surface area contributed by atoms with Crippen molar-refractivity contribution < 1.29 is 19.1 Å². The lowest BCUT2D eigenvalue weighted by molar-refractivity contribution is -0.150. The number of carbonyl (C=O) groups is 2. The fourth-order valence-electron chi connectivity index (χ4n) is 4.00. The molecule has 1 fully saturated rings. The third kappa shape index (κ3) is 5.64. The molecule has 1 aliphatic rings. The predicted molar refractivity (Wildman–Crippen MR) is 120 cm³/mol. The van der Waals surface area contributed by atoms with Crippen molar-refractivity contribution in [3.63, 3.8) is 0 Å². The molecule has 0 radical (unpaired) electrons. The Labute approximate surface area is 184 Å². The van der Waals surface area contributed by atoms with Crippen LogP contribution in [0.3, 0.4) is 0 Å². The van der Waals surface area contributed by atoms with E-state index in [1.54, 1.807) is 4.90 Å². The van der Waals surface area contributed by atoms with Crippen LogP contribution < -0.4 is 0 Å². The van der Waals surface area contributed by atoms with Gasteiger partial charge in [0, 0.05) is 13.1 Å².